The first-order chi connectivity index (χ1) is 18.2. The Hall–Kier alpha value is -2.94. The van der Waals surface area contributed by atoms with Crippen molar-refractivity contribution in [2.24, 2.45) is 0 Å². The van der Waals surface area contributed by atoms with Crippen LogP contribution in [0.1, 0.15) is 33.9 Å². The molecule has 0 bridgehead atoms. The molecule has 1 unspecified atom stereocenters. The highest BCUT2D eigenvalue weighted by Gasteiger charge is 2.59. The van der Waals surface area contributed by atoms with Gasteiger partial charge in [0.25, 0.3) is 5.56 Å². The SMILES string of the molecule is CC(C)OC(=O)[C@H](C)N[P@@](=O)(Oc1ccccc1)O[C@@H](C)[C@H]1O[C@@H](n2cc(F)c(=O)[nH]c2=O)[C@@](O)(CF)C1O. The van der Waals surface area contributed by atoms with E-state index in [0.717, 1.165) is 0 Å². The van der Waals surface area contributed by atoms with Crippen LogP contribution >= 0.6 is 7.75 Å². The summed E-state index contributed by atoms with van der Waals surface area (Å²) in [6, 6.07) is 6.53. The highest BCUT2D eigenvalue weighted by Crippen LogP contribution is 2.49. The first-order valence-corrected chi connectivity index (χ1v) is 13.4. The Morgan fingerprint density at radius 1 is 1.26 bits per heavy atom. The summed E-state index contributed by atoms with van der Waals surface area (Å²) in [7, 11) is -4.49. The number of nitrogens with zero attached hydrogens (tertiary/aromatic N) is 1. The van der Waals surface area contributed by atoms with Crippen molar-refractivity contribution in [2.75, 3.05) is 6.67 Å². The Morgan fingerprint density at radius 3 is 2.49 bits per heavy atom. The number of hydrogen-bond donors (Lipinski definition) is 4. The van der Waals surface area contributed by atoms with Crippen molar-refractivity contribution in [3.8, 4) is 5.75 Å². The second-order valence-corrected chi connectivity index (χ2v) is 10.9. The van der Waals surface area contributed by atoms with E-state index < -0.39 is 79.7 Å². The number of carbonyl (C=O) groups is 1. The number of aliphatic hydroxyl groups excluding tert-OH is 1. The molecule has 13 nitrogen and oxygen atoms in total. The van der Waals surface area contributed by atoms with Crippen LogP contribution < -0.4 is 20.9 Å². The van der Waals surface area contributed by atoms with Gasteiger partial charge < -0.3 is 24.2 Å². The van der Waals surface area contributed by atoms with E-state index in [4.69, 9.17) is 18.5 Å². The van der Waals surface area contributed by atoms with Gasteiger partial charge in [-0.15, -0.1) is 0 Å². The van der Waals surface area contributed by atoms with Crippen LogP contribution in [-0.4, -0.2) is 68.5 Å². The van der Waals surface area contributed by atoms with Crippen molar-refractivity contribution >= 4 is 13.7 Å². The number of hydrogen-bond acceptors (Lipinski definition) is 10. The Bertz CT molecular complexity index is 1320. The molecule has 39 heavy (non-hydrogen) atoms. The summed E-state index contributed by atoms with van der Waals surface area (Å²) < 4.78 is 63.9. The van der Waals surface area contributed by atoms with Crippen LogP contribution in [-0.2, 0) is 23.4 Å². The summed E-state index contributed by atoms with van der Waals surface area (Å²) in [6.07, 6.45) is -7.32. The van der Waals surface area contributed by atoms with Crippen LogP contribution in [0.5, 0.6) is 5.75 Å². The molecule has 1 aromatic carbocycles. The Morgan fingerprint density at radius 2 is 1.90 bits per heavy atom. The molecular weight excluding hydrogens is 547 g/mol. The van der Waals surface area contributed by atoms with Crippen LogP contribution in [0.2, 0.25) is 0 Å². The monoisotopic (exact) mass is 577 g/mol. The van der Waals surface area contributed by atoms with Gasteiger partial charge in [-0.05, 0) is 39.8 Å². The quantitative estimate of drug-likeness (QED) is 0.222. The third-order valence-electron chi connectivity index (χ3n) is 5.72. The van der Waals surface area contributed by atoms with Crippen LogP contribution in [0, 0.1) is 5.82 Å². The number of aromatic nitrogens is 2. The topological polar surface area (TPSA) is 178 Å². The molecule has 0 saturated carbocycles. The van der Waals surface area contributed by atoms with Gasteiger partial charge in [0.2, 0.25) is 5.82 Å². The first-order valence-electron chi connectivity index (χ1n) is 11.8. The maximum atomic E-state index is 14.1. The molecule has 4 N–H and O–H groups in total. The number of aliphatic hydroxyl groups is 2. The molecule has 0 radical (unpaired) electrons. The molecule has 3 rings (SSSR count). The van der Waals surface area contributed by atoms with E-state index in [1.165, 1.54) is 26.0 Å². The van der Waals surface area contributed by atoms with Gasteiger partial charge in [-0.1, -0.05) is 18.2 Å². The zero-order valence-corrected chi connectivity index (χ0v) is 22.3. The minimum atomic E-state index is -4.49. The van der Waals surface area contributed by atoms with Crippen LogP contribution in [0.25, 0.3) is 0 Å². The standard InChI is InChI=1S/C23H30F2N3O10P/c1-12(2)35-20(31)13(3)27-39(34,38-15-8-6-5-7-9-15)37-14(4)17-18(29)23(33,11-24)21(36-17)28-10-16(25)19(30)26-22(28)32/h5-10,12-14,17-18,21,29,33H,11H2,1-4H3,(H,27,34)(H,26,30,32)/t13-,14-,17+,18?,21+,23+,39-/m0/s1. The molecule has 1 aromatic heterocycles. The second kappa shape index (κ2) is 12.1. The average Bonchev–Trinajstić information content (AvgIpc) is 3.12. The molecule has 1 aliphatic rings. The van der Waals surface area contributed by atoms with E-state index in [1.807, 2.05) is 0 Å². The predicted molar refractivity (Wildman–Crippen MR) is 131 cm³/mol. The number of ether oxygens (including phenoxy) is 2. The van der Waals surface area contributed by atoms with E-state index >= 15 is 0 Å². The number of para-hydroxylation sites is 1. The lowest BCUT2D eigenvalue weighted by Gasteiger charge is -2.30. The summed E-state index contributed by atoms with van der Waals surface area (Å²) in [6.45, 7) is 4.15. The maximum Gasteiger partial charge on any atom is 0.459 e. The lowest BCUT2D eigenvalue weighted by atomic mass is 9.93. The molecule has 2 aromatic rings. The lowest BCUT2D eigenvalue weighted by Crippen LogP contribution is -2.52. The summed E-state index contributed by atoms with van der Waals surface area (Å²) in [5.41, 5.74) is -5.41. The van der Waals surface area contributed by atoms with E-state index in [9.17, 15) is 37.9 Å². The minimum Gasteiger partial charge on any atom is -0.462 e. The fourth-order valence-electron chi connectivity index (χ4n) is 3.83. The molecule has 0 amide bonds. The van der Waals surface area contributed by atoms with E-state index in [-0.39, 0.29) is 5.75 Å². The van der Waals surface area contributed by atoms with Crippen LogP contribution in [0.4, 0.5) is 8.78 Å². The number of alkyl halides is 1. The number of halogens is 2. The van der Waals surface area contributed by atoms with Gasteiger partial charge in [-0.2, -0.15) is 9.48 Å². The molecule has 0 spiro atoms. The van der Waals surface area contributed by atoms with Crippen molar-refractivity contribution in [3.63, 3.8) is 0 Å². The molecule has 16 heteroatoms. The molecule has 2 heterocycles. The van der Waals surface area contributed by atoms with Crippen molar-refractivity contribution in [1.82, 2.24) is 14.6 Å². The molecule has 1 aliphatic heterocycles. The van der Waals surface area contributed by atoms with E-state index in [0.29, 0.717) is 10.8 Å². The van der Waals surface area contributed by atoms with Gasteiger partial charge >= 0.3 is 19.4 Å². The van der Waals surface area contributed by atoms with Crippen molar-refractivity contribution < 1.29 is 46.9 Å². The highest BCUT2D eigenvalue weighted by atomic mass is 31.2. The first kappa shape index (κ1) is 30.6. The van der Waals surface area contributed by atoms with Gasteiger partial charge in [0.05, 0.1) is 18.4 Å². The minimum absolute atomic E-state index is 0.0752. The summed E-state index contributed by atoms with van der Waals surface area (Å²) >= 11 is 0. The fourth-order valence-corrected chi connectivity index (χ4v) is 5.52. The van der Waals surface area contributed by atoms with Crippen molar-refractivity contribution in [3.05, 3.63) is 63.2 Å². The summed E-state index contributed by atoms with van der Waals surface area (Å²) in [4.78, 5) is 37.6. The number of aromatic amines is 1. The second-order valence-electron chi connectivity index (χ2n) is 9.22. The van der Waals surface area contributed by atoms with Crippen LogP contribution in [0.15, 0.2) is 46.1 Å². The Kier molecular flexibility index (Phi) is 9.47. The Balaban J connectivity index is 1.91. The van der Waals surface area contributed by atoms with Gasteiger partial charge in [0, 0.05) is 0 Å². The third kappa shape index (κ3) is 6.80. The van der Waals surface area contributed by atoms with Crippen molar-refractivity contribution in [2.45, 2.75) is 70.0 Å². The highest BCUT2D eigenvalue weighted by molar-refractivity contribution is 7.52. The summed E-state index contributed by atoms with van der Waals surface area (Å²) in [5.74, 6) is -2.14. The Labute approximate surface area is 221 Å². The molecule has 0 aliphatic carbocycles. The number of esters is 1. The molecule has 1 fully saturated rings. The third-order valence-corrected chi connectivity index (χ3v) is 7.49. The average molecular weight is 577 g/mol. The molecular formula is C23H30F2N3O10P. The van der Waals surface area contributed by atoms with E-state index in [1.54, 1.807) is 37.0 Å². The number of benzene rings is 1. The lowest BCUT2D eigenvalue weighted by molar-refractivity contribution is -0.149. The molecule has 216 valence electrons. The maximum absolute atomic E-state index is 14.1. The van der Waals surface area contributed by atoms with Crippen LogP contribution in [0.3, 0.4) is 0 Å². The number of rotatable bonds is 11. The van der Waals surface area contributed by atoms with Crippen molar-refractivity contribution in [1.29, 1.82) is 0 Å². The van der Waals surface area contributed by atoms with E-state index in [2.05, 4.69) is 5.09 Å². The van der Waals surface area contributed by atoms with Gasteiger partial charge in [0.15, 0.2) is 11.8 Å². The van der Waals surface area contributed by atoms with Gasteiger partial charge in [-0.25, -0.2) is 13.8 Å². The molecule has 1 saturated heterocycles. The zero-order valence-electron chi connectivity index (χ0n) is 21.4. The number of H-pyrrole nitrogens is 1. The number of carbonyl (C=O) groups excluding carboxylic acids is 1. The smallest absolute Gasteiger partial charge is 0.459 e. The normalized spacial score (nSPS) is 26.1. The van der Waals surface area contributed by atoms with Gasteiger partial charge in [-0.3, -0.25) is 23.7 Å². The number of nitrogens with one attached hydrogen (secondary N) is 2. The largest absolute Gasteiger partial charge is 0.462 e. The zero-order chi connectivity index (χ0) is 29.1. The fraction of sp³-hybridized carbons (Fsp3) is 0.522. The molecule has 7 atom stereocenters. The summed E-state index contributed by atoms with van der Waals surface area (Å²) in [5, 5.41) is 24.1. The predicted octanol–water partition coefficient (Wildman–Crippen LogP) is 1.16. The van der Waals surface area contributed by atoms with Gasteiger partial charge in [0.1, 0.15) is 30.7 Å².